The first kappa shape index (κ1) is 17.2. The smallest absolute Gasteiger partial charge is 0.258 e. The molecule has 21 heavy (non-hydrogen) atoms. The zero-order valence-electron chi connectivity index (χ0n) is 12.8. The van der Waals surface area contributed by atoms with Gasteiger partial charge in [0.25, 0.3) is 5.69 Å². The van der Waals surface area contributed by atoms with Crippen molar-refractivity contribution in [1.29, 1.82) is 5.26 Å². The van der Waals surface area contributed by atoms with E-state index in [9.17, 15) is 10.1 Å². The Morgan fingerprint density at radius 2 is 1.71 bits per heavy atom. The van der Waals surface area contributed by atoms with Gasteiger partial charge in [-0.05, 0) is 18.9 Å². The monoisotopic (exact) mass is 288 g/mol. The van der Waals surface area contributed by atoms with Crippen LogP contribution >= 0.6 is 0 Å². The maximum atomic E-state index is 11.0. The first-order chi connectivity index (χ1) is 10.2. The predicted octanol–water partition coefficient (Wildman–Crippen LogP) is 5.15. The molecule has 0 atom stereocenters. The average Bonchev–Trinajstić information content (AvgIpc) is 2.49. The Hall–Kier alpha value is -1.89. The molecule has 1 aromatic carbocycles. The molecular weight excluding hydrogens is 264 g/mol. The third kappa shape index (κ3) is 6.40. The largest absolute Gasteiger partial charge is 0.273 e. The SMILES string of the molecule is CCCCCCCCCCc1ccc(C#N)cc1[N+](=O)[O-]. The normalized spacial score (nSPS) is 10.3. The lowest BCUT2D eigenvalue weighted by atomic mass is 10.0. The fourth-order valence-corrected chi connectivity index (χ4v) is 2.46. The molecule has 0 fully saturated rings. The predicted molar refractivity (Wildman–Crippen MR) is 84.1 cm³/mol. The minimum atomic E-state index is -0.388. The second-order valence-corrected chi connectivity index (χ2v) is 5.44. The summed E-state index contributed by atoms with van der Waals surface area (Å²) in [6, 6.07) is 6.70. The van der Waals surface area contributed by atoms with E-state index in [1.54, 1.807) is 12.1 Å². The summed E-state index contributed by atoms with van der Waals surface area (Å²) >= 11 is 0. The van der Waals surface area contributed by atoms with Crippen molar-refractivity contribution in [2.75, 3.05) is 0 Å². The Morgan fingerprint density at radius 3 is 2.29 bits per heavy atom. The highest BCUT2D eigenvalue weighted by molar-refractivity contribution is 5.47. The van der Waals surface area contributed by atoms with Crippen LogP contribution in [0.3, 0.4) is 0 Å². The quantitative estimate of drug-likeness (QED) is 0.339. The molecule has 0 radical (unpaired) electrons. The number of benzene rings is 1. The van der Waals surface area contributed by atoms with E-state index in [1.165, 1.54) is 44.6 Å². The van der Waals surface area contributed by atoms with Crippen molar-refractivity contribution < 1.29 is 4.92 Å². The zero-order valence-corrected chi connectivity index (χ0v) is 12.8. The Morgan fingerprint density at radius 1 is 1.10 bits per heavy atom. The number of hydrogen-bond donors (Lipinski definition) is 0. The summed E-state index contributed by atoms with van der Waals surface area (Å²) in [5, 5.41) is 19.8. The molecule has 0 saturated heterocycles. The van der Waals surface area contributed by atoms with E-state index < -0.39 is 0 Å². The molecule has 0 heterocycles. The Balaban J connectivity index is 2.35. The number of nitriles is 1. The summed E-state index contributed by atoms with van der Waals surface area (Å²) in [5.41, 5.74) is 1.17. The van der Waals surface area contributed by atoms with Crippen LogP contribution in [0.15, 0.2) is 18.2 Å². The number of aryl methyl sites for hydroxylation is 1. The summed E-state index contributed by atoms with van der Waals surface area (Å²) in [4.78, 5) is 10.6. The summed E-state index contributed by atoms with van der Waals surface area (Å²) in [6.07, 6.45) is 10.5. The van der Waals surface area contributed by atoms with Crippen molar-refractivity contribution in [3.05, 3.63) is 39.4 Å². The standard InChI is InChI=1S/C17H24N2O2/c1-2-3-4-5-6-7-8-9-10-16-12-11-15(14-18)13-17(16)19(20)21/h11-13H,2-10H2,1H3. The first-order valence-electron chi connectivity index (χ1n) is 7.86. The van der Waals surface area contributed by atoms with Crippen molar-refractivity contribution in [3.63, 3.8) is 0 Å². The van der Waals surface area contributed by atoms with Gasteiger partial charge >= 0.3 is 0 Å². The van der Waals surface area contributed by atoms with E-state index in [0.717, 1.165) is 24.8 Å². The molecular formula is C17H24N2O2. The Labute approximate surface area is 126 Å². The van der Waals surface area contributed by atoms with Crippen LogP contribution in [0, 0.1) is 21.4 Å². The van der Waals surface area contributed by atoms with E-state index in [0.29, 0.717) is 5.56 Å². The molecule has 0 aromatic heterocycles. The molecule has 0 aliphatic heterocycles. The molecule has 0 N–H and O–H groups in total. The summed E-state index contributed by atoms with van der Waals surface area (Å²) in [7, 11) is 0. The summed E-state index contributed by atoms with van der Waals surface area (Å²) in [6.45, 7) is 2.21. The fraction of sp³-hybridized carbons (Fsp3) is 0.588. The highest BCUT2D eigenvalue weighted by Crippen LogP contribution is 2.22. The van der Waals surface area contributed by atoms with Crippen LogP contribution in [0.25, 0.3) is 0 Å². The molecule has 0 unspecified atom stereocenters. The van der Waals surface area contributed by atoms with E-state index in [2.05, 4.69) is 6.92 Å². The van der Waals surface area contributed by atoms with Gasteiger partial charge in [-0.2, -0.15) is 5.26 Å². The molecule has 0 amide bonds. The molecule has 4 nitrogen and oxygen atoms in total. The van der Waals surface area contributed by atoms with E-state index in [1.807, 2.05) is 6.07 Å². The minimum Gasteiger partial charge on any atom is -0.258 e. The number of nitro benzene ring substituents is 1. The lowest BCUT2D eigenvalue weighted by molar-refractivity contribution is -0.385. The van der Waals surface area contributed by atoms with Gasteiger partial charge in [0.05, 0.1) is 16.6 Å². The van der Waals surface area contributed by atoms with Crippen molar-refractivity contribution in [3.8, 4) is 6.07 Å². The van der Waals surface area contributed by atoms with Crippen LogP contribution in [0.4, 0.5) is 5.69 Å². The molecule has 1 rings (SSSR count). The second kappa shape index (κ2) is 9.93. The van der Waals surface area contributed by atoms with Crippen LogP contribution in [0.1, 0.15) is 69.4 Å². The van der Waals surface area contributed by atoms with Gasteiger partial charge in [-0.25, -0.2) is 0 Å². The molecule has 0 aliphatic rings. The first-order valence-corrected chi connectivity index (χ1v) is 7.86. The van der Waals surface area contributed by atoms with Gasteiger partial charge in [-0.1, -0.05) is 57.9 Å². The van der Waals surface area contributed by atoms with Crippen LogP contribution < -0.4 is 0 Å². The molecule has 0 bridgehead atoms. The van der Waals surface area contributed by atoms with Gasteiger partial charge in [0, 0.05) is 11.6 Å². The highest BCUT2D eigenvalue weighted by Gasteiger charge is 2.13. The Kier molecular flexibility index (Phi) is 8.11. The second-order valence-electron chi connectivity index (χ2n) is 5.44. The average molecular weight is 288 g/mol. The van der Waals surface area contributed by atoms with Gasteiger partial charge in [0.15, 0.2) is 0 Å². The van der Waals surface area contributed by atoms with Gasteiger partial charge in [0.2, 0.25) is 0 Å². The van der Waals surface area contributed by atoms with Crippen molar-refractivity contribution >= 4 is 5.69 Å². The lowest BCUT2D eigenvalue weighted by Gasteiger charge is -2.04. The van der Waals surface area contributed by atoms with Crippen LogP contribution in [0.5, 0.6) is 0 Å². The fourth-order valence-electron chi connectivity index (χ4n) is 2.46. The topological polar surface area (TPSA) is 66.9 Å². The number of unbranched alkanes of at least 4 members (excludes halogenated alkanes) is 7. The van der Waals surface area contributed by atoms with Crippen molar-refractivity contribution in [2.45, 2.75) is 64.7 Å². The number of nitrogens with zero attached hydrogens (tertiary/aromatic N) is 2. The highest BCUT2D eigenvalue weighted by atomic mass is 16.6. The minimum absolute atomic E-state index is 0.0806. The van der Waals surface area contributed by atoms with Crippen molar-refractivity contribution in [2.24, 2.45) is 0 Å². The molecule has 0 saturated carbocycles. The molecule has 114 valence electrons. The molecule has 4 heteroatoms. The summed E-state index contributed by atoms with van der Waals surface area (Å²) < 4.78 is 0. The van der Waals surface area contributed by atoms with Crippen LogP contribution in [0.2, 0.25) is 0 Å². The zero-order chi connectivity index (χ0) is 15.5. The van der Waals surface area contributed by atoms with Crippen LogP contribution in [-0.4, -0.2) is 4.92 Å². The van der Waals surface area contributed by atoms with Gasteiger partial charge in [-0.3, -0.25) is 10.1 Å². The molecule has 1 aromatic rings. The number of rotatable bonds is 10. The molecule has 0 aliphatic carbocycles. The molecule has 0 spiro atoms. The Bertz CT molecular complexity index is 492. The van der Waals surface area contributed by atoms with E-state index in [-0.39, 0.29) is 10.6 Å². The third-order valence-corrected chi connectivity index (χ3v) is 3.71. The maximum absolute atomic E-state index is 11.0. The lowest BCUT2D eigenvalue weighted by Crippen LogP contribution is -1.97. The van der Waals surface area contributed by atoms with E-state index >= 15 is 0 Å². The maximum Gasteiger partial charge on any atom is 0.273 e. The van der Waals surface area contributed by atoms with E-state index in [4.69, 9.17) is 5.26 Å². The van der Waals surface area contributed by atoms with Gasteiger partial charge in [0.1, 0.15) is 0 Å². The van der Waals surface area contributed by atoms with Gasteiger partial charge in [-0.15, -0.1) is 0 Å². The summed E-state index contributed by atoms with van der Waals surface area (Å²) in [5.74, 6) is 0. The van der Waals surface area contributed by atoms with Gasteiger partial charge < -0.3 is 0 Å². The van der Waals surface area contributed by atoms with Crippen molar-refractivity contribution in [1.82, 2.24) is 0 Å². The van der Waals surface area contributed by atoms with Crippen LogP contribution in [-0.2, 0) is 6.42 Å². The third-order valence-electron chi connectivity index (χ3n) is 3.71. The number of hydrogen-bond acceptors (Lipinski definition) is 3. The number of nitro groups is 1.